The highest BCUT2D eigenvalue weighted by molar-refractivity contribution is 5.85. The number of hydrogen-bond acceptors (Lipinski definition) is 4. The Kier molecular flexibility index (Phi) is 8.45. The number of hydrogen-bond donors (Lipinski definition) is 1. The summed E-state index contributed by atoms with van der Waals surface area (Å²) in [6.45, 7) is 7.98. The average Bonchev–Trinajstić information content (AvgIpc) is 2.45. The summed E-state index contributed by atoms with van der Waals surface area (Å²) in [4.78, 5) is 15.3. The average molecular weight is 307 g/mol. The number of ether oxygens (including phenoxy) is 1. The summed E-state index contributed by atoms with van der Waals surface area (Å²) in [5.41, 5.74) is 0. The van der Waals surface area contributed by atoms with Crippen LogP contribution in [-0.2, 0) is 9.53 Å². The van der Waals surface area contributed by atoms with Crippen LogP contribution in [0.1, 0.15) is 25.7 Å². The molecule has 0 aromatic rings. The van der Waals surface area contributed by atoms with Crippen molar-refractivity contribution in [2.75, 3.05) is 52.5 Å². The second-order valence-electron chi connectivity index (χ2n) is 5.67. The van der Waals surface area contributed by atoms with Crippen LogP contribution in [0.3, 0.4) is 0 Å². The molecule has 5 nitrogen and oxygen atoms in total. The van der Waals surface area contributed by atoms with Gasteiger partial charge in [-0.1, -0.05) is 0 Å². The number of halogens is 1. The zero-order valence-corrected chi connectivity index (χ0v) is 12.9. The minimum absolute atomic E-state index is 0. The highest BCUT2D eigenvalue weighted by Gasteiger charge is 2.20. The number of morpholine rings is 1. The minimum atomic E-state index is -0.686. The van der Waals surface area contributed by atoms with Gasteiger partial charge in [-0.05, 0) is 44.8 Å². The molecule has 0 radical (unpaired) electrons. The fraction of sp³-hybridized carbons (Fsp3) is 0.929. The molecule has 1 N–H and O–H groups in total. The first-order valence-electron chi connectivity index (χ1n) is 7.48. The van der Waals surface area contributed by atoms with Crippen molar-refractivity contribution in [2.45, 2.75) is 25.7 Å². The van der Waals surface area contributed by atoms with Gasteiger partial charge in [0.15, 0.2) is 0 Å². The fourth-order valence-electron chi connectivity index (χ4n) is 2.94. The summed E-state index contributed by atoms with van der Waals surface area (Å²) < 4.78 is 5.36. The highest BCUT2D eigenvalue weighted by atomic mass is 35.5. The highest BCUT2D eigenvalue weighted by Crippen LogP contribution is 2.21. The van der Waals surface area contributed by atoms with E-state index in [-0.39, 0.29) is 18.8 Å². The predicted molar refractivity (Wildman–Crippen MR) is 80.5 cm³/mol. The largest absolute Gasteiger partial charge is 0.481 e. The van der Waals surface area contributed by atoms with Crippen molar-refractivity contribution in [1.82, 2.24) is 9.80 Å². The van der Waals surface area contributed by atoms with E-state index in [0.717, 1.165) is 45.3 Å². The maximum absolute atomic E-state index is 10.5. The Morgan fingerprint density at radius 1 is 1.05 bits per heavy atom. The van der Waals surface area contributed by atoms with Crippen molar-refractivity contribution in [3.63, 3.8) is 0 Å². The van der Waals surface area contributed by atoms with Gasteiger partial charge in [-0.2, -0.15) is 0 Å². The van der Waals surface area contributed by atoms with Gasteiger partial charge in [0.2, 0.25) is 0 Å². The number of aliphatic carboxylic acids is 1. The van der Waals surface area contributed by atoms with E-state index in [2.05, 4.69) is 9.80 Å². The second kappa shape index (κ2) is 9.55. The molecular weight excluding hydrogens is 280 g/mol. The molecule has 2 rings (SSSR count). The van der Waals surface area contributed by atoms with E-state index in [1.165, 1.54) is 25.8 Å². The van der Waals surface area contributed by atoms with Gasteiger partial charge in [-0.25, -0.2) is 0 Å². The number of piperidine rings is 1. The van der Waals surface area contributed by atoms with Crippen LogP contribution in [0.5, 0.6) is 0 Å². The van der Waals surface area contributed by atoms with E-state index in [0.29, 0.717) is 6.54 Å². The van der Waals surface area contributed by atoms with Gasteiger partial charge in [0, 0.05) is 19.6 Å². The summed E-state index contributed by atoms with van der Waals surface area (Å²) in [5.74, 6) is 0.137. The molecule has 2 heterocycles. The molecule has 0 atom stereocenters. The number of carboxylic acid groups (broad SMARTS) is 1. The number of rotatable bonds is 6. The lowest BCUT2D eigenvalue weighted by molar-refractivity contribution is -0.137. The lowest BCUT2D eigenvalue weighted by Gasteiger charge is -2.33. The van der Waals surface area contributed by atoms with E-state index < -0.39 is 5.97 Å². The SMILES string of the molecule is Cl.O=C(O)CCN1CCC(CCN2CCOCC2)CC1. The number of nitrogens with zero attached hydrogens (tertiary/aromatic N) is 2. The molecule has 0 aliphatic carbocycles. The molecule has 2 aliphatic rings. The summed E-state index contributed by atoms with van der Waals surface area (Å²) >= 11 is 0. The van der Waals surface area contributed by atoms with Crippen molar-refractivity contribution in [1.29, 1.82) is 0 Å². The molecular formula is C14H27ClN2O3. The van der Waals surface area contributed by atoms with Crippen LogP contribution in [0.4, 0.5) is 0 Å². The normalized spacial score (nSPS) is 22.4. The first-order chi connectivity index (χ1) is 9.24. The van der Waals surface area contributed by atoms with Crippen LogP contribution >= 0.6 is 12.4 Å². The molecule has 0 amide bonds. The van der Waals surface area contributed by atoms with Gasteiger partial charge in [0.1, 0.15) is 0 Å². The van der Waals surface area contributed by atoms with Crippen LogP contribution in [0.25, 0.3) is 0 Å². The molecule has 0 aromatic carbocycles. The van der Waals surface area contributed by atoms with Crippen LogP contribution in [0.15, 0.2) is 0 Å². The Hall–Kier alpha value is -0.360. The zero-order valence-electron chi connectivity index (χ0n) is 12.1. The molecule has 2 saturated heterocycles. The van der Waals surface area contributed by atoms with E-state index in [9.17, 15) is 4.79 Å². The van der Waals surface area contributed by atoms with E-state index in [1.54, 1.807) is 0 Å². The molecule has 2 fully saturated rings. The maximum Gasteiger partial charge on any atom is 0.304 e. The zero-order chi connectivity index (χ0) is 13.5. The molecule has 118 valence electrons. The monoisotopic (exact) mass is 306 g/mol. The van der Waals surface area contributed by atoms with Crippen molar-refractivity contribution < 1.29 is 14.6 Å². The topological polar surface area (TPSA) is 53.0 Å². The third-order valence-electron chi connectivity index (χ3n) is 4.31. The van der Waals surface area contributed by atoms with Gasteiger partial charge in [0.05, 0.1) is 19.6 Å². The summed E-state index contributed by atoms with van der Waals surface area (Å²) in [7, 11) is 0. The summed E-state index contributed by atoms with van der Waals surface area (Å²) in [6, 6.07) is 0. The number of likely N-dealkylation sites (tertiary alicyclic amines) is 1. The van der Waals surface area contributed by atoms with Crippen molar-refractivity contribution in [3.8, 4) is 0 Å². The maximum atomic E-state index is 10.5. The Labute approximate surface area is 127 Å². The Bertz CT molecular complexity index is 278. The van der Waals surface area contributed by atoms with Crippen LogP contribution in [-0.4, -0.2) is 73.4 Å². The molecule has 0 aromatic heterocycles. The van der Waals surface area contributed by atoms with E-state index >= 15 is 0 Å². The first kappa shape index (κ1) is 17.7. The van der Waals surface area contributed by atoms with Crippen LogP contribution in [0.2, 0.25) is 0 Å². The fourth-order valence-corrected chi connectivity index (χ4v) is 2.94. The van der Waals surface area contributed by atoms with Gasteiger partial charge >= 0.3 is 5.97 Å². The molecule has 0 saturated carbocycles. The lowest BCUT2D eigenvalue weighted by Crippen LogP contribution is -2.39. The Morgan fingerprint density at radius 3 is 2.25 bits per heavy atom. The minimum Gasteiger partial charge on any atom is -0.481 e. The summed E-state index contributed by atoms with van der Waals surface area (Å²) in [6.07, 6.45) is 4.01. The van der Waals surface area contributed by atoms with Gasteiger partial charge in [-0.3, -0.25) is 9.69 Å². The van der Waals surface area contributed by atoms with Crippen LogP contribution < -0.4 is 0 Å². The predicted octanol–water partition coefficient (Wildman–Crippen LogP) is 1.32. The number of carboxylic acids is 1. The quantitative estimate of drug-likeness (QED) is 0.802. The van der Waals surface area contributed by atoms with E-state index in [1.807, 2.05) is 0 Å². The van der Waals surface area contributed by atoms with Gasteiger partial charge in [-0.15, -0.1) is 12.4 Å². The van der Waals surface area contributed by atoms with E-state index in [4.69, 9.17) is 9.84 Å². The third kappa shape index (κ3) is 6.39. The molecule has 20 heavy (non-hydrogen) atoms. The van der Waals surface area contributed by atoms with Crippen molar-refractivity contribution >= 4 is 18.4 Å². The second-order valence-corrected chi connectivity index (χ2v) is 5.67. The molecule has 0 unspecified atom stereocenters. The molecule has 2 aliphatic heterocycles. The van der Waals surface area contributed by atoms with Crippen molar-refractivity contribution in [3.05, 3.63) is 0 Å². The van der Waals surface area contributed by atoms with Crippen molar-refractivity contribution in [2.24, 2.45) is 5.92 Å². The molecule has 6 heteroatoms. The smallest absolute Gasteiger partial charge is 0.304 e. The lowest BCUT2D eigenvalue weighted by atomic mass is 9.93. The standard InChI is InChI=1S/C14H26N2O3.ClH/c17-14(18)4-8-15-5-1-13(2-6-15)3-7-16-9-11-19-12-10-16;/h13H,1-12H2,(H,17,18);1H. The van der Waals surface area contributed by atoms with Gasteiger partial charge < -0.3 is 14.7 Å². The Morgan fingerprint density at radius 2 is 1.65 bits per heavy atom. The first-order valence-corrected chi connectivity index (χ1v) is 7.48. The van der Waals surface area contributed by atoms with Crippen LogP contribution in [0, 0.1) is 5.92 Å². The molecule has 0 bridgehead atoms. The Balaban J connectivity index is 0.00000200. The number of carbonyl (C=O) groups is 1. The summed E-state index contributed by atoms with van der Waals surface area (Å²) in [5, 5.41) is 8.68. The third-order valence-corrected chi connectivity index (χ3v) is 4.31. The molecule has 0 spiro atoms. The van der Waals surface area contributed by atoms with Gasteiger partial charge in [0.25, 0.3) is 0 Å².